The number of nitrogens with zero attached hydrogens (tertiary/aromatic N) is 2. The fraction of sp³-hybridized carbons (Fsp3) is 0.217. The molecule has 2 N–H and O–H groups in total. The van der Waals surface area contributed by atoms with Gasteiger partial charge in [-0.15, -0.1) is 0 Å². The van der Waals surface area contributed by atoms with Crippen LogP contribution in [0.4, 0.5) is 5.82 Å². The van der Waals surface area contributed by atoms with Gasteiger partial charge in [0.25, 0.3) is 0 Å². The van der Waals surface area contributed by atoms with E-state index in [1.807, 2.05) is 30.3 Å². The van der Waals surface area contributed by atoms with E-state index in [1.54, 1.807) is 7.11 Å². The minimum Gasteiger partial charge on any atom is -0.497 e. The number of anilines is 1. The number of nitriles is 1. The van der Waals surface area contributed by atoms with Crippen LogP contribution >= 0.6 is 0 Å². The minimum atomic E-state index is 0.320. The molecule has 1 aliphatic rings. The summed E-state index contributed by atoms with van der Waals surface area (Å²) in [4.78, 5) is 4.56. The first kappa shape index (κ1) is 17.1. The Labute approximate surface area is 159 Å². The highest BCUT2D eigenvalue weighted by Gasteiger charge is 2.27. The molecule has 27 heavy (non-hydrogen) atoms. The number of ether oxygens (including phenoxy) is 1. The first-order chi connectivity index (χ1) is 13.2. The summed E-state index contributed by atoms with van der Waals surface area (Å²) in [6.07, 6.45) is 2.77. The second kappa shape index (κ2) is 7.13. The predicted octanol–water partition coefficient (Wildman–Crippen LogP) is 4.48. The quantitative estimate of drug-likeness (QED) is 0.752. The molecular weight excluding hydrogens is 334 g/mol. The minimum absolute atomic E-state index is 0.320. The van der Waals surface area contributed by atoms with Crippen molar-refractivity contribution in [2.24, 2.45) is 0 Å². The standard InChI is InChI=1S/C23H21N3O/c1-27-18-10-7-16(8-11-18)22-19-13-17(15-5-3-2-4-6-15)9-12-21(19)26-23(25)20(22)14-24/h2-8,10-11,17H,9,12-13H2,1H3,(H2,25,26). The number of aryl methyl sites for hydroxylation is 1. The van der Waals surface area contributed by atoms with Gasteiger partial charge in [0.2, 0.25) is 0 Å². The molecule has 4 nitrogen and oxygen atoms in total. The highest BCUT2D eigenvalue weighted by Crippen LogP contribution is 2.40. The van der Waals surface area contributed by atoms with Crippen molar-refractivity contribution in [3.63, 3.8) is 0 Å². The number of pyridine rings is 1. The van der Waals surface area contributed by atoms with Crippen LogP contribution in [-0.2, 0) is 12.8 Å². The largest absolute Gasteiger partial charge is 0.497 e. The third-order valence-corrected chi connectivity index (χ3v) is 5.35. The van der Waals surface area contributed by atoms with Gasteiger partial charge in [-0.2, -0.15) is 5.26 Å². The number of rotatable bonds is 3. The van der Waals surface area contributed by atoms with Crippen molar-refractivity contribution in [2.75, 3.05) is 12.8 Å². The molecule has 0 aliphatic heterocycles. The fourth-order valence-electron chi connectivity index (χ4n) is 3.98. The SMILES string of the molecule is COc1ccc(-c2c(C#N)c(N)nc3c2CC(c2ccccc2)CC3)cc1. The summed E-state index contributed by atoms with van der Waals surface area (Å²) in [5.41, 5.74) is 12.0. The highest BCUT2D eigenvalue weighted by molar-refractivity contribution is 5.79. The van der Waals surface area contributed by atoms with Crippen LogP contribution < -0.4 is 10.5 Å². The zero-order chi connectivity index (χ0) is 18.8. The molecule has 0 radical (unpaired) electrons. The second-order valence-corrected chi connectivity index (χ2v) is 6.86. The average molecular weight is 355 g/mol. The normalized spacial score (nSPS) is 15.6. The molecule has 1 aliphatic carbocycles. The lowest BCUT2D eigenvalue weighted by molar-refractivity contribution is 0.415. The third-order valence-electron chi connectivity index (χ3n) is 5.35. The highest BCUT2D eigenvalue weighted by atomic mass is 16.5. The molecule has 4 rings (SSSR count). The van der Waals surface area contributed by atoms with E-state index >= 15 is 0 Å². The molecule has 134 valence electrons. The van der Waals surface area contributed by atoms with E-state index in [1.165, 1.54) is 5.56 Å². The topological polar surface area (TPSA) is 71.9 Å². The summed E-state index contributed by atoms with van der Waals surface area (Å²) in [5, 5.41) is 9.75. The van der Waals surface area contributed by atoms with Crippen molar-refractivity contribution in [1.82, 2.24) is 4.98 Å². The Kier molecular flexibility index (Phi) is 4.52. The van der Waals surface area contributed by atoms with Crippen LogP contribution in [0.25, 0.3) is 11.1 Å². The zero-order valence-electron chi connectivity index (χ0n) is 15.3. The van der Waals surface area contributed by atoms with Crippen molar-refractivity contribution in [2.45, 2.75) is 25.2 Å². The van der Waals surface area contributed by atoms with Crippen molar-refractivity contribution in [3.05, 3.63) is 77.0 Å². The van der Waals surface area contributed by atoms with Crippen LogP contribution in [0.2, 0.25) is 0 Å². The van der Waals surface area contributed by atoms with E-state index in [0.717, 1.165) is 47.4 Å². The molecule has 1 aromatic heterocycles. The van der Waals surface area contributed by atoms with Crippen LogP contribution in [0, 0.1) is 11.3 Å². The number of hydrogen-bond acceptors (Lipinski definition) is 4. The number of nitrogen functional groups attached to an aromatic ring is 1. The number of hydrogen-bond donors (Lipinski definition) is 1. The number of methoxy groups -OCH3 is 1. The average Bonchev–Trinajstić information content (AvgIpc) is 2.73. The van der Waals surface area contributed by atoms with Crippen molar-refractivity contribution in [1.29, 1.82) is 5.26 Å². The fourth-order valence-corrected chi connectivity index (χ4v) is 3.98. The number of benzene rings is 2. The number of fused-ring (bicyclic) bond motifs is 1. The van der Waals surface area contributed by atoms with Crippen LogP contribution in [0.15, 0.2) is 54.6 Å². The lowest BCUT2D eigenvalue weighted by Crippen LogP contribution is -2.17. The smallest absolute Gasteiger partial charge is 0.142 e. The van der Waals surface area contributed by atoms with Gasteiger partial charge in [-0.3, -0.25) is 0 Å². The molecule has 0 saturated heterocycles. The Hall–Kier alpha value is -3.32. The van der Waals surface area contributed by atoms with E-state index < -0.39 is 0 Å². The van der Waals surface area contributed by atoms with Crippen molar-refractivity contribution >= 4 is 5.82 Å². The van der Waals surface area contributed by atoms with Gasteiger partial charge in [0.05, 0.1) is 7.11 Å². The predicted molar refractivity (Wildman–Crippen MR) is 107 cm³/mol. The Morgan fingerprint density at radius 1 is 1.11 bits per heavy atom. The van der Waals surface area contributed by atoms with E-state index in [-0.39, 0.29) is 0 Å². The molecule has 0 spiro atoms. The van der Waals surface area contributed by atoms with Crippen molar-refractivity contribution < 1.29 is 4.74 Å². The first-order valence-electron chi connectivity index (χ1n) is 9.12. The van der Waals surface area contributed by atoms with Gasteiger partial charge in [0.15, 0.2) is 0 Å². The number of nitrogens with two attached hydrogens (primary N) is 1. The first-order valence-corrected chi connectivity index (χ1v) is 9.12. The summed E-state index contributed by atoms with van der Waals surface area (Å²) in [5.74, 6) is 1.53. The summed E-state index contributed by atoms with van der Waals surface area (Å²) in [6, 6.07) is 20.6. The van der Waals surface area contributed by atoms with Crippen molar-refractivity contribution in [3.8, 4) is 22.9 Å². The Balaban J connectivity index is 1.85. The van der Waals surface area contributed by atoms with E-state index in [4.69, 9.17) is 10.5 Å². The van der Waals surface area contributed by atoms with E-state index in [2.05, 4.69) is 35.3 Å². The molecule has 4 heteroatoms. The second-order valence-electron chi connectivity index (χ2n) is 6.86. The summed E-state index contributed by atoms with van der Waals surface area (Å²) in [7, 11) is 1.65. The molecular formula is C23H21N3O. The molecule has 3 aromatic rings. The lowest BCUT2D eigenvalue weighted by Gasteiger charge is -2.27. The van der Waals surface area contributed by atoms with Gasteiger partial charge in [-0.25, -0.2) is 4.98 Å². The Morgan fingerprint density at radius 3 is 2.52 bits per heavy atom. The third kappa shape index (κ3) is 3.13. The maximum atomic E-state index is 9.75. The summed E-state index contributed by atoms with van der Waals surface area (Å²) in [6.45, 7) is 0. The van der Waals surface area contributed by atoms with Gasteiger partial charge >= 0.3 is 0 Å². The van der Waals surface area contributed by atoms with Gasteiger partial charge in [0, 0.05) is 11.3 Å². The Bertz CT molecular complexity index is 1000. The van der Waals surface area contributed by atoms with Gasteiger partial charge < -0.3 is 10.5 Å². The zero-order valence-corrected chi connectivity index (χ0v) is 15.3. The maximum absolute atomic E-state index is 9.75. The molecule has 1 unspecified atom stereocenters. The molecule has 0 fully saturated rings. The van der Waals surface area contributed by atoms with Crippen LogP contribution in [0.3, 0.4) is 0 Å². The lowest BCUT2D eigenvalue weighted by atomic mass is 9.78. The van der Waals surface area contributed by atoms with Crippen LogP contribution in [0.5, 0.6) is 5.75 Å². The Morgan fingerprint density at radius 2 is 1.85 bits per heavy atom. The van der Waals surface area contributed by atoms with E-state index in [9.17, 15) is 5.26 Å². The summed E-state index contributed by atoms with van der Waals surface area (Å²) < 4.78 is 5.27. The number of aromatic nitrogens is 1. The van der Waals surface area contributed by atoms with Gasteiger partial charge in [-0.1, -0.05) is 42.5 Å². The van der Waals surface area contributed by atoms with E-state index in [0.29, 0.717) is 17.3 Å². The molecule has 1 atom stereocenters. The maximum Gasteiger partial charge on any atom is 0.142 e. The molecule has 0 amide bonds. The monoisotopic (exact) mass is 355 g/mol. The molecule has 0 saturated carbocycles. The van der Waals surface area contributed by atoms with Crippen LogP contribution in [0.1, 0.15) is 34.7 Å². The summed E-state index contributed by atoms with van der Waals surface area (Å²) >= 11 is 0. The molecule has 0 bridgehead atoms. The molecule has 1 heterocycles. The van der Waals surface area contributed by atoms with Crippen LogP contribution in [-0.4, -0.2) is 12.1 Å². The van der Waals surface area contributed by atoms with Gasteiger partial charge in [0.1, 0.15) is 23.2 Å². The molecule has 2 aromatic carbocycles. The van der Waals surface area contributed by atoms with Gasteiger partial charge in [-0.05, 0) is 54.0 Å².